The third-order valence-electron chi connectivity index (χ3n) is 9.59. The van der Waals surface area contributed by atoms with Crippen LogP contribution >= 0.6 is 0 Å². The lowest BCUT2D eigenvalue weighted by atomic mass is 9.87. The minimum absolute atomic E-state index is 0.909. The lowest BCUT2D eigenvalue weighted by Gasteiger charge is -2.23. The fourth-order valence-corrected chi connectivity index (χ4v) is 7.59. The SMILES string of the molecule is c1ccc(-n2c3ccccc3c3ccc4cc(-c5ccccc5-c5ccc6c7c(cccc57)-c5ccccc5O6)ccc4c32)cc1. The molecule has 0 spiro atoms. The number of nitrogens with zero attached hydrogens (tertiary/aromatic N) is 1. The molecule has 0 fully saturated rings. The molecular formula is C44H27NO. The van der Waals surface area contributed by atoms with E-state index in [4.69, 9.17) is 4.74 Å². The van der Waals surface area contributed by atoms with Crippen LogP contribution in [0, 0.1) is 0 Å². The van der Waals surface area contributed by atoms with Crippen molar-refractivity contribution in [1.29, 1.82) is 0 Å². The van der Waals surface area contributed by atoms with E-state index in [1.807, 2.05) is 12.1 Å². The number of hydrogen-bond donors (Lipinski definition) is 0. The van der Waals surface area contributed by atoms with Crippen LogP contribution in [0.2, 0.25) is 0 Å². The van der Waals surface area contributed by atoms with Gasteiger partial charge in [-0.2, -0.15) is 0 Å². The Morgan fingerprint density at radius 3 is 2.02 bits per heavy atom. The van der Waals surface area contributed by atoms with Crippen LogP contribution in [0.1, 0.15) is 0 Å². The number of benzene rings is 8. The molecule has 0 amide bonds. The van der Waals surface area contributed by atoms with Gasteiger partial charge in [-0.05, 0) is 75.0 Å². The van der Waals surface area contributed by atoms with Crippen molar-refractivity contribution in [2.45, 2.75) is 0 Å². The first-order valence-electron chi connectivity index (χ1n) is 15.8. The van der Waals surface area contributed by atoms with Gasteiger partial charge in [-0.3, -0.25) is 0 Å². The van der Waals surface area contributed by atoms with E-state index in [0.717, 1.165) is 17.1 Å². The zero-order valence-corrected chi connectivity index (χ0v) is 24.9. The van der Waals surface area contributed by atoms with E-state index in [2.05, 4.69) is 156 Å². The van der Waals surface area contributed by atoms with E-state index in [1.54, 1.807) is 0 Å². The average Bonchev–Trinajstić information content (AvgIpc) is 3.47. The second-order valence-electron chi connectivity index (χ2n) is 12.1. The summed E-state index contributed by atoms with van der Waals surface area (Å²) in [5.41, 5.74) is 10.8. The molecule has 2 nitrogen and oxygen atoms in total. The number of rotatable bonds is 3. The second-order valence-corrected chi connectivity index (χ2v) is 12.1. The van der Waals surface area contributed by atoms with Crippen LogP contribution in [0.5, 0.6) is 11.5 Å². The van der Waals surface area contributed by atoms with Gasteiger partial charge in [-0.1, -0.05) is 127 Å². The van der Waals surface area contributed by atoms with E-state index >= 15 is 0 Å². The average molecular weight is 586 g/mol. The van der Waals surface area contributed by atoms with Gasteiger partial charge >= 0.3 is 0 Å². The van der Waals surface area contributed by atoms with Crippen molar-refractivity contribution in [1.82, 2.24) is 4.57 Å². The zero-order valence-electron chi connectivity index (χ0n) is 24.9. The molecule has 2 heteroatoms. The minimum atomic E-state index is 0.909. The quantitative estimate of drug-likeness (QED) is 0.201. The van der Waals surface area contributed by atoms with Gasteiger partial charge in [0.25, 0.3) is 0 Å². The Hall–Kier alpha value is -6.12. The molecule has 1 aliphatic rings. The highest BCUT2D eigenvalue weighted by atomic mass is 16.5. The van der Waals surface area contributed by atoms with Crippen LogP contribution in [0.15, 0.2) is 164 Å². The van der Waals surface area contributed by atoms with Crippen LogP contribution in [0.25, 0.3) is 82.4 Å². The summed E-state index contributed by atoms with van der Waals surface area (Å²) in [7, 11) is 0. The lowest BCUT2D eigenvalue weighted by molar-refractivity contribution is 0.487. The van der Waals surface area contributed by atoms with Gasteiger partial charge in [0.15, 0.2) is 0 Å². The normalized spacial score (nSPS) is 12.1. The molecule has 9 aromatic rings. The first-order chi connectivity index (χ1) is 22.8. The number of fused-ring (bicyclic) bond motifs is 7. The molecule has 214 valence electrons. The van der Waals surface area contributed by atoms with E-state index < -0.39 is 0 Å². The summed E-state index contributed by atoms with van der Waals surface area (Å²) in [6.07, 6.45) is 0. The molecule has 1 aromatic heterocycles. The van der Waals surface area contributed by atoms with Crippen LogP contribution in [0.4, 0.5) is 0 Å². The van der Waals surface area contributed by atoms with Crippen LogP contribution in [0.3, 0.4) is 0 Å². The van der Waals surface area contributed by atoms with Crippen LogP contribution in [-0.2, 0) is 0 Å². The third-order valence-corrected chi connectivity index (χ3v) is 9.59. The van der Waals surface area contributed by atoms with Crippen molar-refractivity contribution in [3.8, 4) is 50.6 Å². The Morgan fingerprint density at radius 1 is 0.391 bits per heavy atom. The molecule has 8 aromatic carbocycles. The molecule has 1 aliphatic heterocycles. The summed E-state index contributed by atoms with van der Waals surface area (Å²) in [6, 6.07) is 59.0. The van der Waals surface area contributed by atoms with Gasteiger partial charge in [0, 0.05) is 32.8 Å². The van der Waals surface area contributed by atoms with Gasteiger partial charge in [0.05, 0.1) is 11.0 Å². The molecule has 46 heavy (non-hydrogen) atoms. The Kier molecular flexibility index (Phi) is 5.31. The smallest absolute Gasteiger partial charge is 0.135 e. The first kappa shape index (κ1) is 25.2. The lowest BCUT2D eigenvalue weighted by Crippen LogP contribution is -1.98. The van der Waals surface area contributed by atoms with Crippen molar-refractivity contribution in [2.24, 2.45) is 0 Å². The molecular weight excluding hydrogens is 558 g/mol. The molecule has 0 aliphatic carbocycles. The highest BCUT2D eigenvalue weighted by Crippen LogP contribution is 2.49. The molecule has 0 saturated heterocycles. The maximum atomic E-state index is 6.40. The Bertz CT molecular complexity index is 2660. The van der Waals surface area contributed by atoms with Gasteiger partial charge in [-0.15, -0.1) is 0 Å². The Morgan fingerprint density at radius 2 is 1.11 bits per heavy atom. The van der Waals surface area contributed by atoms with Crippen molar-refractivity contribution >= 4 is 43.4 Å². The van der Waals surface area contributed by atoms with Crippen molar-refractivity contribution < 1.29 is 4.74 Å². The van der Waals surface area contributed by atoms with Gasteiger partial charge in [0.1, 0.15) is 11.5 Å². The third kappa shape index (κ3) is 3.59. The van der Waals surface area contributed by atoms with Gasteiger partial charge in [-0.25, -0.2) is 0 Å². The standard InChI is InChI=1S/C44H27NO/c1-2-11-30(12-3-1)45-40-19-8-6-15-35(40)39-24-22-29-27-28(21-23-32(29)44(39)45)31-13-4-5-14-33(31)34-25-26-42-43-37(34)17-10-18-38(43)36-16-7-9-20-41(36)46-42/h1-27H. The minimum Gasteiger partial charge on any atom is -0.456 e. The molecule has 0 unspecified atom stereocenters. The Labute approximate surface area is 266 Å². The molecule has 0 atom stereocenters. The second kappa shape index (κ2) is 9.69. The van der Waals surface area contributed by atoms with Crippen molar-refractivity contribution in [2.75, 3.05) is 0 Å². The molecule has 0 N–H and O–H groups in total. The monoisotopic (exact) mass is 585 g/mol. The molecule has 0 saturated carbocycles. The highest BCUT2D eigenvalue weighted by molar-refractivity contribution is 6.19. The van der Waals surface area contributed by atoms with Crippen LogP contribution < -0.4 is 4.74 Å². The largest absolute Gasteiger partial charge is 0.456 e. The fourth-order valence-electron chi connectivity index (χ4n) is 7.59. The number of aromatic nitrogens is 1. The molecule has 0 radical (unpaired) electrons. The predicted molar refractivity (Wildman–Crippen MR) is 192 cm³/mol. The van der Waals surface area contributed by atoms with Crippen molar-refractivity contribution in [3.63, 3.8) is 0 Å². The van der Waals surface area contributed by atoms with E-state index in [9.17, 15) is 0 Å². The van der Waals surface area contributed by atoms with Crippen LogP contribution in [-0.4, -0.2) is 4.57 Å². The fraction of sp³-hybridized carbons (Fsp3) is 0. The topological polar surface area (TPSA) is 14.2 Å². The summed E-state index contributed by atoms with van der Waals surface area (Å²) in [5.74, 6) is 1.82. The van der Waals surface area contributed by atoms with Gasteiger partial charge < -0.3 is 9.30 Å². The summed E-state index contributed by atoms with van der Waals surface area (Å²) in [6.45, 7) is 0. The number of hydrogen-bond acceptors (Lipinski definition) is 1. The molecule has 2 heterocycles. The van der Waals surface area contributed by atoms with E-state index in [-0.39, 0.29) is 0 Å². The summed E-state index contributed by atoms with van der Waals surface area (Å²) >= 11 is 0. The maximum Gasteiger partial charge on any atom is 0.135 e. The molecule has 0 bridgehead atoms. The zero-order chi connectivity index (χ0) is 30.2. The summed E-state index contributed by atoms with van der Waals surface area (Å²) in [4.78, 5) is 0. The number of ether oxygens (including phenoxy) is 1. The molecule has 10 rings (SSSR count). The van der Waals surface area contributed by atoms with Crippen molar-refractivity contribution in [3.05, 3.63) is 164 Å². The maximum absolute atomic E-state index is 6.40. The van der Waals surface area contributed by atoms with Gasteiger partial charge in [0.2, 0.25) is 0 Å². The highest BCUT2D eigenvalue weighted by Gasteiger charge is 2.22. The van der Waals surface area contributed by atoms with E-state index in [0.29, 0.717) is 0 Å². The first-order valence-corrected chi connectivity index (χ1v) is 15.8. The summed E-state index contributed by atoms with van der Waals surface area (Å²) < 4.78 is 8.81. The summed E-state index contributed by atoms with van der Waals surface area (Å²) in [5, 5.41) is 7.38. The van der Waals surface area contributed by atoms with E-state index in [1.165, 1.54) is 76.9 Å². The predicted octanol–water partition coefficient (Wildman–Crippen LogP) is 12.2. The Balaban J connectivity index is 1.18. The number of para-hydroxylation sites is 3.